The Morgan fingerprint density at radius 1 is 0.829 bits per heavy atom. The second-order valence-electron chi connectivity index (χ2n) is 10.7. The van der Waals surface area contributed by atoms with Gasteiger partial charge in [-0.3, -0.25) is 0 Å². The van der Waals surface area contributed by atoms with Gasteiger partial charge in [0.1, 0.15) is 5.82 Å². The summed E-state index contributed by atoms with van der Waals surface area (Å²) >= 11 is 0. The molecule has 0 nitrogen and oxygen atoms in total. The molecule has 1 saturated carbocycles. The van der Waals surface area contributed by atoms with Crippen LogP contribution in [0.1, 0.15) is 99.8 Å². The third-order valence-electron chi connectivity index (χ3n) is 8.13. The summed E-state index contributed by atoms with van der Waals surface area (Å²) in [7, 11) is 0. The van der Waals surface area contributed by atoms with Gasteiger partial charge in [-0.25, -0.2) is 4.39 Å². The van der Waals surface area contributed by atoms with Crippen LogP contribution in [0.4, 0.5) is 4.39 Å². The standard InChI is InChI=1S/C34H43F/c1-3-5-7-9-26-13-18-29(19-14-26)30-20-15-27(16-21-30)11-12-28-17-24-33-32(25-28)23-22-31(34(33)35)10-8-6-4-2/h3,5,15-17,20-26,29H,4,6-14,18-19H2,1-2H3/b5-3+. The Labute approximate surface area is 212 Å². The van der Waals surface area contributed by atoms with Crippen LogP contribution in [0.3, 0.4) is 0 Å². The predicted octanol–water partition coefficient (Wildman–Crippen LogP) is 10.1. The third kappa shape index (κ3) is 7.06. The molecule has 186 valence electrons. The number of hydrogen-bond donors (Lipinski definition) is 0. The van der Waals surface area contributed by atoms with Crippen molar-refractivity contribution in [1.29, 1.82) is 0 Å². The van der Waals surface area contributed by atoms with Gasteiger partial charge in [0, 0.05) is 5.39 Å². The number of aryl methyl sites for hydroxylation is 3. The van der Waals surface area contributed by atoms with Gasteiger partial charge in [-0.05, 0) is 111 Å². The fourth-order valence-corrected chi connectivity index (χ4v) is 5.83. The van der Waals surface area contributed by atoms with Crippen molar-refractivity contribution in [3.8, 4) is 0 Å². The molecule has 1 heteroatoms. The van der Waals surface area contributed by atoms with Crippen LogP contribution in [0.15, 0.2) is 66.7 Å². The van der Waals surface area contributed by atoms with E-state index >= 15 is 0 Å². The molecule has 0 radical (unpaired) electrons. The Bertz CT molecular complexity index is 1080. The van der Waals surface area contributed by atoms with Gasteiger partial charge in [-0.15, -0.1) is 0 Å². The lowest BCUT2D eigenvalue weighted by Crippen LogP contribution is -2.13. The summed E-state index contributed by atoms with van der Waals surface area (Å²) in [5.41, 5.74) is 5.07. The lowest BCUT2D eigenvalue weighted by atomic mass is 9.77. The minimum atomic E-state index is -0.0208. The molecular formula is C34H43F. The van der Waals surface area contributed by atoms with Crippen LogP contribution in [0.5, 0.6) is 0 Å². The van der Waals surface area contributed by atoms with E-state index in [9.17, 15) is 4.39 Å². The van der Waals surface area contributed by atoms with Crippen molar-refractivity contribution in [1.82, 2.24) is 0 Å². The van der Waals surface area contributed by atoms with Gasteiger partial charge in [-0.1, -0.05) is 86.5 Å². The number of halogens is 1. The first kappa shape index (κ1) is 25.7. The monoisotopic (exact) mass is 470 g/mol. The Morgan fingerprint density at radius 2 is 1.57 bits per heavy atom. The molecule has 0 atom stereocenters. The quantitative estimate of drug-likeness (QED) is 0.193. The molecule has 0 N–H and O–H groups in total. The van der Waals surface area contributed by atoms with E-state index in [-0.39, 0.29) is 5.82 Å². The first-order valence-electron chi connectivity index (χ1n) is 14.1. The molecule has 0 saturated heterocycles. The second-order valence-corrected chi connectivity index (χ2v) is 10.7. The molecule has 0 spiro atoms. The summed E-state index contributed by atoms with van der Waals surface area (Å²) in [4.78, 5) is 0. The number of rotatable bonds is 11. The fraction of sp³-hybridized carbons (Fsp3) is 0.471. The van der Waals surface area contributed by atoms with Gasteiger partial charge >= 0.3 is 0 Å². The minimum Gasteiger partial charge on any atom is -0.206 e. The Balaban J connectivity index is 1.30. The highest BCUT2D eigenvalue weighted by Gasteiger charge is 2.21. The molecule has 35 heavy (non-hydrogen) atoms. The SMILES string of the molecule is C/C=C/CCC1CCC(c2ccc(CCc3ccc4c(F)c(CCCCC)ccc4c3)cc2)CC1. The normalized spacial score (nSPS) is 18.5. The van der Waals surface area contributed by atoms with E-state index < -0.39 is 0 Å². The number of unbranched alkanes of at least 4 members (excludes halogenated alkanes) is 2. The van der Waals surface area contributed by atoms with Crippen molar-refractivity contribution in [3.05, 3.63) is 94.8 Å². The summed E-state index contributed by atoms with van der Waals surface area (Å²) in [6, 6.07) is 19.8. The molecule has 3 aromatic rings. The molecule has 0 aromatic heterocycles. The van der Waals surface area contributed by atoms with Crippen molar-refractivity contribution in [2.75, 3.05) is 0 Å². The summed E-state index contributed by atoms with van der Waals surface area (Å²) in [6.45, 7) is 4.31. The number of fused-ring (bicyclic) bond motifs is 1. The van der Waals surface area contributed by atoms with E-state index in [0.717, 1.165) is 60.3 Å². The van der Waals surface area contributed by atoms with E-state index in [2.05, 4.69) is 68.5 Å². The summed E-state index contributed by atoms with van der Waals surface area (Å²) in [6.07, 6.45) is 18.8. The molecule has 1 fully saturated rings. The van der Waals surface area contributed by atoms with Crippen LogP contribution in [0, 0.1) is 11.7 Å². The molecule has 0 aliphatic heterocycles. The van der Waals surface area contributed by atoms with Crippen molar-refractivity contribution in [2.24, 2.45) is 5.92 Å². The van der Waals surface area contributed by atoms with E-state index in [0.29, 0.717) is 0 Å². The molecule has 4 rings (SSSR count). The van der Waals surface area contributed by atoms with Crippen LogP contribution < -0.4 is 0 Å². The zero-order valence-electron chi connectivity index (χ0n) is 21.9. The van der Waals surface area contributed by atoms with E-state index in [4.69, 9.17) is 0 Å². The fourth-order valence-electron chi connectivity index (χ4n) is 5.83. The first-order valence-corrected chi connectivity index (χ1v) is 14.1. The lowest BCUT2D eigenvalue weighted by molar-refractivity contribution is 0.312. The molecule has 0 heterocycles. The number of hydrogen-bond acceptors (Lipinski definition) is 0. The molecule has 1 aliphatic rings. The zero-order valence-corrected chi connectivity index (χ0v) is 21.9. The van der Waals surface area contributed by atoms with Crippen LogP contribution in [0.25, 0.3) is 10.8 Å². The van der Waals surface area contributed by atoms with Crippen LogP contribution >= 0.6 is 0 Å². The van der Waals surface area contributed by atoms with Gasteiger partial charge in [0.05, 0.1) is 0 Å². The average Bonchev–Trinajstić information content (AvgIpc) is 2.90. The van der Waals surface area contributed by atoms with Crippen molar-refractivity contribution >= 4 is 10.8 Å². The smallest absolute Gasteiger partial charge is 0.134 e. The Hall–Kier alpha value is -2.41. The maximum atomic E-state index is 15.0. The molecule has 0 unspecified atom stereocenters. The van der Waals surface area contributed by atoms with Crippen LogP contribution in [0.2, 0.25) is 0 Å². The maximum absolute atomic E-state index is 15.0. The molecule has 3 aromatic carbocycles. The van der Waals surface area contributed by atoms with Gasteiger partial charge in [0.15, 0.2) is 0 Å². The highest BCUT2D eigenvalue weighted by Crippen LogP contribution is 2.37. The minimum absolute atomic E-state index is 0.0208. The summed E-state index contributed by atoms with van der Waals surface area (Å²) < 4.78 is 15.0. The van der Waals surface area contributed by atoms with Gasteiger partial charge in [0.2, 0.25) is 0 Å². The number of allylic oxidation sites excluding steroid dienone is 2. The Morgan fingerprint density at radius 3 is 2.31 bits per heavy atom. The topological polar surface area (TPSA) is 0 Å². The number of benzene rings is 3. The van der Waals surface area contributed by atoms with Crippen LogP contribution in [-0.2, 0) is 19.3 Å². The zero-order chi connectivity index (χ0) is 24.5. The Kier molecular flexibility index (Phi) is 9.57. The summed E-state index contributed by atoms with van der Waals surface area (Å²) in [5.74, 6) is 1.64. The maximum Gasteiger partial charge on any atom is 0.134 e. The van der Waals surface area contributed by atoms with E-state index in [1.165, 1.54) is 61.6 Å². The van der Waals surface area contributed by atoms with Crippen molar-refractivity contribution in [3.63, 3.8) is 0 Å². The lowest BCUT2D eigenvalue weighted by Gasteiger charge is -2.28. The highest BCUT2D eigenvalue weighted by molar-refractivity contribution is 5.84. The van der Waals surface area contributed by atoms with E-state index in [1.54, 1.807) is 0 Å². The predicted molar refractivity (Wildman–Crippen MR) is 150 cm³/mol. The second kappa shape index (κ2) is 13.1. The third-order valence-corrected chi connectivity index (χ3v) is 8.13. The molecule has 1 aliphatic carbocycles. The largest absolute Gasteiger partial charge is 0.206 e. The first-order chi connectivity index (χ1) is 17.2. The van der Waals surface area contributed by atoms with Crippen molar-refractivity contribution < 1.29 is 4.39 Å². The van der Waals surface area contributed by atoms with Gasteiger partial charge in [0.25, 0.3) is 0 Å². The molecule has 0 amide bonds. The molecule has 0 bridgehead atoms. The van der Waals surface area contributed by atoms with Crippen LogP contribution in [-0.4, -0.2) is 0 Å². The van der Waals surface area contributed by atoms with E-state index in [1.807, 2.05) is 12.1 Å². The highest BCUT2D eigenvalue weighted by atomic mass is 19.1. The summed E-state index contributed by atoms with van der Waals surface area (Å²) in [5, 5.41) is 1.79. The van der Waals surface area contributed by atoms with Crippen molar-refractivity contribution in [2.45, 2.75) is 96.8 Å². The molecular weight excluding hydrogens is 427 g/mol. The average molecular weight is 471 g/mol. The van der Waals surface area contributed by atoms with Gasteiger partial charge < -0.3 is 0 Å². The van der Waals surface area contributed by atoms with Gasteiger partial charge in [-0.2, -0.15) is 0 Å².